The van der Waals surface area contributed by atoms with Gasteiger partial charge < -0.3 is 10.6 Å². The molecule has 2 rings (SSSR count). The van der Waals surface area contributed by atoms with Crippen LogP contribution in [-0.4, -0.2) is 5.11 Å². The fourth-order valence-corrected chi connectivity index (χ4v) is 2.86. The summed E-state index contributed by atoms with van der Waals surface area (Å²) in [6, 6.07) is 12.7. The van der Waals surface area contributed by atoms with Crippen molar-refractivity contribution in [3.63, 3.8) is 0 Å². The Morgan fingerprint density at radius 2 is 1.70 bits per heavy atom. The molecule has 4 heteroatoms. The quantitative estimate of drug-likeness (QED) is 0.760. The van der Waals surface area contributed by atoms with Gasteiger partial charge in [0.05, 0.1) is 6.04 Å². The average Bonchev–Trinajstić information content (AvgIpc) is 2.48. The minimum atomic E-state index is -0.259. The number of hydrogen-bond donors (Lipinski definition) is 2. The van der Waals surface area contributed by atoms with E-state index >= 15 is 0 Å². The molecule has 1 unspecified atom stereocenters. The molecule has 0 aliphatic rings. The number of nitrogens with one attached hydrogen (secondary N) is 2. The van der Waals surface area contributed by atoms with Crippen LogP contribution in [0.15, 0.2) is 42.5 Å². The molecule has 2 N–H and O–H groups in total. The Bertz CT molecular complexity index is 680. The Morgan fingerprint density at radius 1 is 1.04 bits per heavy atom. The molecule has 2 aromatic rings. The SMILES string of the molecule is Cc1ccc(C(NC(=S)Nc2ccc(F)cc2)C(C)C)c(C)c1. The lowest BCUT2D eigenvalue weighted by Crippen LogP contribution is -2.35. The predicted octanol–water partition coefficient (Wildman–Crippen LogP) is 5.13. The van der Waals surface area contributed by atoms with Crippen LogP contribution in [-0.2, 0) is 0 Å². The van der Waals surface area contributed by atoms with Crippen LogP contribution in [0.2, 0.25) is 0 Å². The van der Waals surface area contributed by atoms with Crippen molar-refractivity contribution in [2.24, 2.45) is 5.92 Å². The van der Waals surface area contributed by atoms with E-state index in [2.05, 4.69) is 56.5 Å². The summed E-state index contributed by atoms with van der Waals surface area (Å²) in [7, 11) is 0. The van der Waals surface area contributed by atoms with Crippen LogP contribution in [0.25, 0.3) is 0 Å². The first-order chi connectivity index (χ1) is 10.9. The minimum absolute atomic E-state index is 0.121. The zero-order chi connectivity index (χ0) is 17.0. The highest BCUT2D eigenvalue weighted by molar-refractivity contribution is 7.80. The number of benzene rings is 2. The number of rotatable bonds is 4. The summed E-state index contributed by atoms with van der Waals surface area (Å²) in [5.74, 6) is 0.120. The van der Waals surface area contributed by atoms with E-state index in [0.29, 0.717) is 11.0 Å². The van der Waals surface area contributed by atoms with E-state index in [1.807, 2.05) is 0 Å². The fourth-order valence-electron chi connectivity index (χ4n) is 2.62. The van der Waals surface area contributed by atoms with Gasteiger partial charge in [0, 0.05) is 5.69 Å². The number of thiocarbonyl (C=S) groups is 1. The molecule has 0 amide bonds. The van der Waals surface area contributed by atoms with Gasteiger partial charge in [-0.3, -0.25) is 0 Å². The van der Waals surface area contributed by atoms with Gasteiger partial charge >= 0.3 is 0 Å². The summed E-state index contributed by atoms with van der Waals surface area (Å²) in [6.07, 6.45) is 0. The first-order valence-electron chi connectivity index (χ1n) is 7.77. The van der Waals surface area contributed by atoms with E-state index in [0.717, 1.165) is 5.69 Å². The van der Waals surface area contributed by atoms with Gasteiger partial charge in [-0.2, -0.15) is 0 Å². The molecule has 23 heavy (non-hydrogen) atoms. The number of halogens is 1. The molecule has 0 aliphatic heterocycles. The second-order valence-corrected chi connectivity index (χ2v) is 6.60. The molecule has 122 valence electrons. The molecule has 0 aliphatic carbocycles. The molecule has 0 heterocycles. The summed E-state index contributed by atoms with van der Waals surface area (Å²) < 4.78 is 13.0. The highest BCUT2D eigenvalue weighted by Gasteiger charge is 2.18. The topological polar surface area (TPSA) is 24.1 Å². The third-order valence-electron chi connectivity index (χ3n) is 3.82. The molecule has 0 saturated carbocycles. The molecular weight excluding hydrogens is 307 g/mol. The Hall–Kier alpha value is -1.94. The van der Waals surface area contributed by atoms with Crippen molar-refractivity contribution in [3.8, 4) is 0 Å². The van der Waals surface area contributed by atoms with Crippen molar-refractivity contribution in [2.45, 2.75) is 33.7 Å². The van der Waals surface area contributed by atoms with Gasteiger partial charge in [0.25, 0.3) is 0 Å². The average molecular weight is 330 g/mol. The van der Waals surface area contributed by atoms with Crippen LogP contribution in [0.1, 0.15) is 36.6 Å². The molecule has 2 aromatic carbocycles. The monoisotopic (exact) mass is 330 g/mol. The molecule has 0 spiro atoms. The van der Waals surface area contributed by atoms with Crippen LogP contribution >= 0.6 is 12.2 Å². The van der Waals surface area contributed by atoms with Crippen molar-refractivity contribution in [3.05, 3.63) is 65.0 Å². The van der Waals surface area contributed by atoms with Crippen LogP contribution in [0.4, 0.5) is 10.1 Å². The lowest BCUT2D eigenvalue weighted by atomic mass is 9.92. The van der Waals surface area contributed by atoms with E-state index in [4.69, 9.17) is 12.2 Å². The normalized spacial score (nSPS) is 12.1. The van der Waals surface area contributed by atoms with Gasteiger partial charge in [0.1, 0.15) is 5.82 Å². The fraction of sp³-hybridized carbons (Fsp3) is 0.316. The third-order valence-corrected chi connectivity index (χ3v) is 4.04. The van der Waals surface area contributed by atoms with Crippen LogP contribution in [0.3, 0.4) is 0 Å². The summed E-state index contributed by atoms with van der Waals surface area (Å²) in [4.78, 5) is 0. The van der Waals surface area contributed by atoms with Crippen molar-refractivity contribution < 1.29 is 4.39 Å². The van der Waals surface area contributed by atoms with Gasteiger partial charge in [0.2, 0.25) is 0 Å². The second kappa shape index (κ2) is 7.55. The van der Waals surface area contributed by atoms with Gasteiger partial charge in [-0.25, -0.2) is 4.39 Å². The second-order valence-electron chi connectivity index (χ2n) is 6.19. The minimum Gasteiger partial charge on any atom is -0.355 e. The molecule has 2 nitrogen and oxygen atoms in total. The Morgan fingerprint density at radius 3 is 2.26 bits per heavy atom. The molecule has 0 radical (unpaired) electrons. The Balaban J connectivity index is 2.12. The van der Waals surface area contributed by atoms with E-state index in [9.17, 15) is 4.39 Å². The van der Waals surface area contributed by atoms with E-state index in [1.165, 1.54) is 28.8 Å². The lowest BCUT2D eigenvalue weighted by Gasteiger charge is -2.26. The summed E-state index contributed by atoms with van der Waals surface area (Å²) in [5, 5.41) is 7.03. The maximum atomic E-state index is 13.0. The van der Waals surface area contributed by atoms with Crippen molar-refractivity contribution >= 4 is 23.0 Å². The van der Waals surface area contributed by atoms with Gasteiger partial charge in [-0.05, 0) is 67.4 Å². The van der Waals surface area contributed by atoms with Gasteiger partial charge in [0.15, 0.2) is 5.11 Å². The van der Waals surface area contributed by atoms with E-state index in [-0.39, 0.29) is 11.9 Å². The first-order valence-corrected chi connectivity index (χ1v) is 8.18. The number of aryl methyl sites for hydroxylation is 2. The molecule has 0 bridgehead atoms. The van der Waals surface area contributed by atoms with Crippen molar-refractivity contribution in [2.75, 3.05) is 5.32 Å². The summed E-state index contributed by atoms with van der Waals surface area (Å²) in [6.45, 7) is 8.54. The highest BCUT2D eigenvalue weighted by Crippen LogP contribution is 2.25. The zero-order valence-electron chi connectivity index (χ0n) is 14.0. The smallest absolute Gasteiger partial charge is 0.171 e. The van der Waals surface area contributed by atoms with E-state index in [1.54, 1.807) is 12.1 Å². The largest absolute Gasteiger partial charge is 0.355 e. The number of anilines is 1. The predicted molar refractivity (Wildman–Crippen MR) is 99.3 cm³/mol. The van der Waals surface area contributed by atoms with Crippen molar-refractivity contribution in [1.29, 1.82) is 0 Å². The van der Waals surface area contributed by atoms with Crippen molar-refractivity contribution in [1.82, 2.24) is 5.32 Å². The van der Waals surface area contributed by atoms with Gasteiger partial charge in [-0.1, -0.05) is 37.6 Å². The molecular formula is C19H23FN2S. The maximum absolute atomic E-state index is 13.0. The van der Waals surface area contributed by atoms with Gasteiger partial charge in [-0.15, -0.1) is 0 Å². The molecule has 0 fully saturated rings. The zero-order valence-corrected chi connectivity index (χ0v) is 14.8. The summed E-state index contributed by atoms with van der Waals surface area (Å²) in [5.41, 5.74) is 4.52. The lowest BCUT2D eigenvalue weighted by molar-refractivity contribution is 0.471. The molecule has 0 saturated heterocycles. The van der Waals surface area contributed by atoms with E-state index < -0.39 is 0 Å². The summed E-state index contributed by atoms with van der Waals surface area (Å²) >= 11 is 5.42. The Labute approximate surface area is 143 Å². The van der Waals surface area contributed by atoms with Crippen LogP contribution in [0.5, 0.6) is 0 Å². The highest BCUT2D eigenvalue weighted by atomic mass is 32.1. The maximum Gasteiger partial charge on any atom is 0.171 e. The number of hydrogen-bond acceptors (Lipinski definition) is 1. The first kappa shape index (κ1) is 17.4. The van der Waals surface area contributed by atoms with Crippen LogP contribution in [0, 0.1) is 25.6 Å². The molecule has 0 aromatic heterocycles. The third kappa shape index (κ3) is 4.76. The van der Waals surface area contributed by atoms with Crippen LogP contribution < -0.4 is 10.6 Å². The Kier molecular flexibility index (Phi) is 5.72. The molecule has 1 atom stereocenters. The standard InChI is InChI=1S/C19H23FN2S/c1-12(2)18(17-10-5-13(3)11-14(17)4)22-19(23)21-16-8-6-15(20)7-9-16/h5-12,18H,1-4H3,(H2,21,22,23).